The van der Waals surface area contributed by atoms with Gasteiger partial charge in [-0.1, -0.05) is 19.1 Å². The van der Waals surface area contributed by atoms with E-state index < -0.39 is 0 Å². The molecule has 0 bridgehead atoms. The number of ether oxygens (including phenoxy) is 1. The average molecular weight is 282 g/mol. The van der Waals surface area contributed by atoms with E-state index in [1.807, 2.05) is 37.3 Å². The van der Waals surface area contributed by atoms with E-state index in [9.17, 15) is 4.79 Å². The summed E-state index contributed by atoms with van der Waals surface area (Å²) >= 11 is 0. The molecule has 0 N–H and O–H groups in total. The van der Waals surface area contributed by atoms with E-state index in [4.69, 9.17) is 4.74 Å². The molecule has 4 heteroatoms. The van der Waals surface area contributed by atoms with Gasteiger partial charge >= 0.3 is 0 Å². The van der Waals surface area contributed by atoms with Crippen LogP contribution in [0.4, 0.5) is 11.4 Å². The molecule has 0 saturated heterocycles. The second kappa shape index (κ2) is 5.95. The lowest BCUT2D eigenvalue weighted by Gasteiger charge is -2.23. The van der Waals surface area contributed by atoms with Gasteiger partial charge in [0.25, 0.3) is 0 Å². The van der Waals surface area contributed by atoms with Crippen molar-refractivity contribution in [1.82, 2.24) is 4.98 Å². The molecule has 0 amide bonds. The zero-order chi connectivity index (χ0) is 14.7. The van der Waals surface area contributed by atoms with E-state index >= 15 is 0 Å². The smallest absolute Gasteiger partial charge is 0.180 e. The number of nitrogens with zero attached hydrogens (tertiary/aromatic N) is 2. The van der Waals surface area contributed by atoms with E-state index in [1.165, 1.54) is 0 Å². The fourth-order valence-electron chi connectivity index (χ4n) is 2.49. The zero-order valence-corrected chi connectivity index (χ0v) is 12.1. The Kier molecular flexibility index (Phi) is 3.86. The van der Waals surface area contributed by atoms with Gasteiger partial charge in [0.05, 0.1) is 24.2 Å². The van der Waals surface area contributed by atoms with Gasteiger partial charge in [0.1, 0.15) is 11.4 Å². The number of fused-ring (bicyclic) bond motifs is 1. The SMILES string of the molecule is CCC(=O)c1ccc(N2CCCOc3ccccc32)cn1. The molecule has 3 rings (SSSR count). The van der Waals surface area contributed by atoms with Crippen molar-refractivity contribution < 1.29 is 9.53 Å². The summed E-state index contributed by atoms with van der Waals surface area (Å²) in [7, 11) is 0. The van der Waals surface area contributed by atoms with Gasteiger partial charge in [0.15, 0.2) is 5.78 Å². The van der Waals surface area contributed by atoms with Crippen LogP contribution >= 0.6 is 0 Å². The largest absolute Gasteiger partial charge is 0.491 e. The molecule has 0 spiro atoms. The summed E-state index contributed by atoms with van der Waals surface area (Å²) in [5.41, 5.74) is 2.56. The van der Waals surface area contributed by atoms with Gasteiger partial charge in [-0.3, -0.25) is 9.78 Å². The molecule has 0 saturated carbocycles. The van der Waals surface area contributed by atoms with E-state index in [1.54, 1.807) is 12.3 Å². The van der Waals surface area contributed by atoms with Crippen molar-refractivity contribution in [2.24, 2.45) is 0 Å². The van der Waals surface area contributed by atoms with Crippen LogP contribution in [0.5, 0.6) is 5.75 Å². The number of aromatic nitrogens is 1. The number of anilines is 2. The van der Waals surface area contributed by atoms with Crippen molar-refractivity contribution >= 4 is 17.2 Å². The Morgan fingerprint density at radius 1 is 1.29 bits per heavy atom. The Morgan fingerprint density at radius 2 is 2.14 bits per heavy atom. The second-order valence-electron chi connectivity index (χ2n) is 5.00. The van der Waals surface area contributed by atoms with Crippen molar-refractivity contribution in [3.63, 3.8) is 0 Å². The molecule has 2 heterocycles. The molecule has 0 unspecified atom stereocenters. The van der Waals surface area contributed by atoms with Gasteiger partial charge in [-0.2, -0.15) is 0 Å². The van der Waals surface area contributed by atoms with Crippen LogP contribution < -0.4 is 9.64 Å². The van der Waals surface area contributed by atoms with Crippen LogP contribution in [-0.4, -0.2) is 23.9 Å². The van der Waals surface area contributed by atoms with Gasteiger partial charge in [-0.05, 0) is 30.7 Å². The first-order valence-electron chi connectivity index (χ1n) is 7.28. The van der Waals surface area contributed by atoms with Gasteiger partial charge in [0, 0.05) is 13.0 Å². The second-order valence-corrected chi connectivity index (χ2v) is 5.00. The van der Waals surface area contributed by atoms with Crippen LogP contribution in [0.3, 0.4) is 0 Å². The third-order valence-corrected chi connectivity index (χ3v) is 3.61. The number of para-hydroxylation sites is 2. The highest BCUT2D eigenvalue weighted by Crippen LogP contribution is 2.35. The van der Waals surface area contributed by atoms with E-state index in [0.717, 1.165) is 30.1 Å². The normalized spacial score (nSPS) is 14.0. The first kappa shape index (κ1) is 13.6. The molecular weight excluding hydrogens is 264 g/mol. The number of carbonyl (C=O) groups excluding carboxylic acids is 1. The minimum atomic E-state index is 0.0705. The van der Waals surface area contributed by atoms with E-state index in [0.29, 0.717) is 18.7 Å². The summed E-state index contributed by atoms with van der Waals surface area (Å²) in [6.45, 7) is 3.44. The lowest BCUT2D eigenvalue weighted by molar-refractivity contribution is 0.0983. The number of Topliss-reactive ketones (excluding diaryl/α,β-unsaturated/α-hetero) is 1. The van der Waals surface area contributed by atoms with Crippen LogP contribution in [0.2, 0.25) is 0 Å². The minimum Gasteiger partial charge on any atom is -0.491 e. The number of pyridine rings is 1. The number of rotatable bonds is 3. The zero-order valence-electron chi connectivity index (χ0n) is 12.1. The van der Waals surface area contributed by atoms with Crippen molar-refractivity contribution in [2.45, 2.75) is 19.8 Å². The average Bonchev–Trinajstić information content (AvgIpc) is 2.77. The van der Waals surface area contributed by atoms with Gasteiger partial charge < -0.3 is 9.64 Å². The fourth-order valence-corrected chi connectivity index (χ4v) is 2.49. The predicted molar refractivity (Wildman–Crippen MR) is 82.4 cm³/mol. The van der Waals surface area contributed by atoms with Crippen molar-refractivity contribution in [1.29, 1.82) is 0 Å². The molecule has 1 aliphatic rings. The van der Waals surface area contributed by atoms with Crippen LogP contribution in [0, 0.1) is 0 Å². The number of hydrogen-bond acceptors (Lipinski definition) is 4. The van der Waals surface area contributed by atoms with Gasteiger partial charge in [-0.25, -0.2) is 0 Å². The van der Waals surface area contributed by atoms with E-state index in [2.05, 4.69) is 9.88 Å². The highest BCUT2D eigenvalue weighted by molar-refractivity contribution is 5.94. The summed E-state index contributed by atoms with van der Waals surface area (Å²) in [5.74, 6) is 0.963. The molecule has 0 aliphatic carbocycles. The maximum absolute atomic E-state index is 11.7. The Bertz CT molecular complexity index is 637. The highest BCUT2D eigenvalue weighted by atomic mass is 16.5. The summed E-state index contributed by atoms with van der Waals surface area (Å²) in [6.07, 6.45) is 3.20. The summed E-state index contributed by atoms with van der Waals surface area (Å²) in [5, 5.41) is 0. The number of hydrogen-bond donors (Lipinski definition) is 0. The Balaban J connectivity index is 1.94. The van der Waals surface area contributed by atoms with Crippen LogP contribution in [0.25, 0.3) is 0 Å². The molecule has 1 aromatic carbocycles. The third kappa shape index (κ3) is 2.75. The van der Waals surface area contributed by atoms with Crippen molar-refractivity contribution in [3.05, 3.63) is 48.3 Å². The highest BCUT2D eigenvalue weighted by Gasteiger charge is 2.18. The topological polar surface area (TPSA) is 42.4 Å². The molecule has 0 fully saturated rings. The summed E-state index contributed by atoms with van der Waals surface area (Å²) in [6, 6.07) is 11.8. The lowest BCUT2D eigenvalue weighted by atomic mass is 10.2. The maximum Gasteiger partial charge on any atom is 0.180 e. The van der Waals surface area contributed by atoms with Crippen molar-refractivity contribution in [2.75, 3.05) is 18.1 Å². The third-order valence-electron chi connectivity index (χ3n) is 3.61. The fraction of sp³-hybridized carbons (Fsp3) is 0.294. The first-order chi connectivity index (χ1) is 10.3. The first-order valence-corrected chi connectivity index (χ1v) is 7.28. The number of carbonyl (C=O) groups is 1. The molecule has 4 nitrogen and oxygen atoms in total. The Hall–Kier alpha value is -2.36. The van der Waals surface area contributed by atoms with Gasteiger partial charge in [-0.15, -0.1) is 0 Å². The molecule has 21 heavy (non-hydrogen) atoms. The quantitative estimate of drug-likeness (QED) is 0.807. The Labute approximate surface area is 124 Å². The molecule has 0 atom stereocenters. The van der Waals surface area contributed by atoms with Crippen LogP contribution in [0.1, 0.15) is 30.3 Å². The minimum absolute atomic E-state index is 0.0705. The lowest BCUT2D eigenvalue weighted by Crippen LogP contribution is -2.18. The number of benzene rings is 1. The van der Waals surface area contributed by atoms with E-state index in [-0.39, 0.29) is 5.78 Å². The van der Waals surface area contributed by atoms with Crippen LogP contribution in [0.15, 0.2) is 42.6 Å². The molecular formula is C17H18N2O2. The van der Waals surface area contributed by atoms with Gasteiger partial charge in [0.2, 0.25) is 0 Å². The summed E-state index contributed by atoms with van der Waals surface area (Å²) in [4.78, 5) is 18.1. The standard InChI is InChI=1S/C17H18N2O2/c1-2-16(20)14-9-8-13(12-18-14)19-10-5-11-21-17-7-4-3-6-15(17)19/h3-4,6-9,12H,2,5,10-11H2,1H3. The molecule has 0 radical (unpaired) electrons. The molecule has 1 aromatic heterocycles. The molecule has 1 aliphatic heterocycles. The predicted octanol–water partition coefficient (Wildman–Crippen LogP) is 3.59. The molecule has 2 aromatic rings. The maximum atomic E-state index is 11.7. The molecule has 108 valence electrons. The monoisotopic (exact) mass is 282 g/mol. The van der Waals surface area contributed by atoms with Crippen molar-refractivity contribution in [3.8, 4) is 5.75 Å². The summed E-state index contributed by atoms with van der Waals surface area (Å²) < 4.78 is 5.76. The van der Waals surface area contributed by atoms with Crippen LogP contribution in [-0.2, 0) is 0 Å². The Morgan fingerprint density at radius 3 is 2.90 bits per heavy atom. The number of ketones is 1.